The zero-order valence-electron chi connectivity index (χ0n) is 26.1. The molecule has 48 heavy (non-hydrogen) atoms. The van der Waals surface area contributed by atoms with Crippen molar-refractivity contribution in [3.63, 3.8) is 0 Å². The van der Waals surface area contributed by atoms with Gasteiger partial charge in [-0.05, 0) is 37.3 Å². The van der Waals surface area contributed by atoms with Gasteiger partial charge in [-0.3, -0.25) is 23.6 Å². The van der Waals surface area contributed by atoms with Gasteiger partial charge in [-0.2, -0.15) is 18.2 Å². The predicted molar refractivity (Wildman–Crippen MR) is 178 cm³/mol. The van der Waals surface area contributed by atoms with Gasteiger partial charge in [0.2, 0.25) is 0 Å². The number of nitrogens with zero attached hydrogens (tertiary/aromatic N) is 6. The number of pyridine rings is 1. The number of hydrogen-bond donors (Lipinski definition) is 3. The lowest BCUT2D eigenvalue weighted by Crippen LogP contribution is -2.34. The molecule has 0 spiro atoms. The Labute approximate surface area is 274 Å². The van der Waals surface area contributed by atoms with Gasteiger partial charge in [-0.25, -0.2) is 9.50 Å². The number of carbonyl (C=O) groups excluding carboxylic acids is 1. The average Bonchev–Trinajstić information content (AvgIpc) is 3.78. The second-order valence-corrected chi connectivity index (χ2v) is 12.6. The molecule has 1 atom stereocenters. The van der Waals surface area contributed by atoms with Crippen LogP contribution < -0.4 is 25.1 Å². The third-order valence-corrected chi connectivity index (χ3v) is 8.95. The Morgan fingerprint density at radius 1 is 1.10 bits per heavy atom. The quantitative estimate of drug-likeness (QED) is 0.209. The summed E-state index contributed by atoms with van der Waals surface area (Å²) < 4.78 is 40.5. The van der Waals surface area contributed by atoms with Crippen molar-refractivity contribution in [1.82, 2.24) is 39.0 Å². The van der Waals surface area contributed by atoms with Crippen molar-refractivity contribution < 1.29 is 17.9 Å². The molecule has 242 valence electrons. The highest BCUT2D eigenvalue weighted by Crippen LogP contribution is 2.39. The van der Waals surface area contributed by atoms with E-state index in [9.17, 15) is 18.0 Å². The molecule has 0 fully saturated rings. The summed E-state index contributed by atoms with van der Waals surface area (Å²) in [7, 11) is -2.23. The first kappa shape index (κ1) is 30.7. The van der Waals surface area contributed by atoms with Crippen LogP contribution in [-0.2, 0) is 23.9 Å². The fourth-order valence-corrected chi connectivity index (χ4v) is 6.73. The molecule has 1 amide bonds. The van der Waals surface area contributed by atoms with Crippen LogP contribution in [0.2, 0.25) is 0 Å². The van der Waals surface area contributed by atoms with Crippen LogP contribution >= 0.6 is 0 Å². The molecule has 0 saturated heterocycles. The van der Waals surface area contributed by atoms with Gasteiger partial charge >= 0.3 is 0 Å². The second-order valence-electron chi connectivity index (χ2n) is 11.1. The Balaban J connectivity index is 1.38. The van der Waals surface area contributed by atoms with Crippen LogP contribution in [0.3, 0.4) is 0 Å². The van der Waals surface area contributed by atoms with E-state index >= 15 is 0 Å². The molecule has 15 heteroatoms. The summed E-state index contributed by atoms with van der Waals surface area (Å²) >= 11 is 0. The molecule has 0 bridgehead atoms. The van der Waals surface area contributed by atoms with Crippen molar-refractivity contribution in [2.24, 2.45) is 7.05 Å². The standard InChI is InChI=1S/C33H29N9O5S/c1-4-36-48(45,46)39-30-28(31-34-15-8-16-41(31)38-30)32(43)37-20(2)29-24-19-47-25-14-13-22(12-11-21-17-35-40(3)18-21)26(27(24)25)33(44)42(29)23-9-6-5-7-10-23/h5-10,13-18,20,36H,4,19H2,1-3H3,(H,37,43)(H,38,39)/t20-/m1/s1. The summed E-state index contributed by atoms with van der Waals surface area (Å²) in [4.78, 5) is 32.9. The zero-order chi connectivity index (χ0) is 33.6. The number of para-hydroxylation sites is 1. The van der Waals surface area contributed by atoms with Gasteiger partial charge in [0.05, 0.1) is 28.9 Å². The number of carbonyl (C=O) groups is 1. The van der Waals surface area contributed by atoms with E-state index in [4.69, 9.17) is 4.74 Å². The van der Waals surface area contributed by atoms with Crippen molar-refractivity contribution in [3.05, 3.63) is 112 Å². The molecule has 6 aromatic rings. The highest BCUT2D eigenvalue weighted by Gasteiger charge is 2.31. The maximum absolute atomic E-state index is 14.6. The number of hydrogen-bond acceptors (Lipinski definition) is 8. The highest BCUT2D eigenvalue weighted by atomic mass is 32.2. The van der Waals surface area contributed by atoms with Gasteiger partial charge in [0.15, 0.2) is 11.5 Å². The summed E-state index contributed by atoms with van der Waals surface area (Å²) in [6, 6.07) is 13.5. The fourth-order valence-electron chi connectivity index (χ4n) is 5.88. The lowest BCUT2D eigenvalue weighted by Gasteiger charge is -2.23. The van der Waals surface area contributed by atoms with Crippen molar-refractivity contribution in [2.45, 2.75) is 26.5 Å². The summed E-state index contributed by atoms with van der Waals surface area (Å²) in [5, 5.41) is 12.4. The normalized spacial score (nSPS) is 12.8. The number of aryl methyl sites for hydroxylation is 1. The summed E-state index contributed by atoms with van der Waals surface area (Å²) in [6.45, 7) is 3.66. The zero-order valence-corrected chi connectivity index (χ0v) is 26.9. The monoisotopic (exact) mass is 663 g/mol. The van der Waals surface area contributed by atoms with E-state index < -0.39 is 22.2 Å². The molecule has 14 nitrogen and oxygen atoms in total. The maximum Gasteiger partial charge on any atom is 0.300 e. The van der Waals surface area contributed by atoms with E-state index in [0.717, 1.165) is 0 Å². The van der Waals surface area contributed by atoms with Crippen LogP contribution in [0.1, 0.15) is 52.6 Å². The van der Waals surface area contributed by atoms with Gasteiger partial charge in [0, 0.05) is 54.4 Å². The van der Waals surface area contributed by atoms with E-state index in [1.807, 2.05) is 18.2 Å². The van der Waals surface area contributed by atoms with E-state index in [1.165, 1.54) is 10.7 Å². The molecule has 2 aromatic carbocycles. The minimum absolute atomic E-state index is 0.0837. The van der Waals surface area contributed by atoms with Crippen LogP contribution in [0.4, 0.5) is 5.82 Å². The van der Waals surface area contributed by atoms with E-state index in [0.29, 0.717) is 44.6 Å². The van der Waals surface area contributed by atoms with Crippen molar-refractivity contribution in [3.8, 4) is 23.3 Å². The molecule has 1 aliphatic rings. The Hall–Kier alpha value is -5.98. The Morgan fingerprint density at radius 3 is 2.67 bits per heavy atom. The Bertz CT molecular complexity index is 2470. The van der Waals surface area contributed by atoms with Crippen LogP contribution in [0, 0.1) is 11.8 Å². The minimum atomic E-state index is -4.03. The van der Waals surface area contributed by atoms with Gasteiger partial charge in [-0.15, -0.1) is 5.10 Å². The topological polar surface area (TPSA) is 167 Å². The Kier molecular flexibility index (Phi) is 7.66. The molecule has 1 aliphatic heterocycles. The smallest absolute Gasteiger partial charge is 0.300 e. The SMILES string of the molecule is CCNS(=O)(=O)Nc1nn2cccnc2c1C(=O)N[C@H](C)c1c2c3c(ccc(C#Cc4cnn(C)c4)c3c(=O)n1-c1ccccc1)OC2. The maximum atomic E-state index is 14.6. The number of benzene rings is 2. The van der Waals surface area contributed by atoms with Crippen molar-refractivity contribution in [1.29, 1.82) is 0 Å². The van der Waals surface area contributed by atoms with Crippen LogP contribution in [0.15, 0.2) is 78.1 Å². The highest BCUT2D eigenvalue weighted by molar-refractivity contribution is 7.90. The van der Waals surface area contributed by atoms with E-state index in [-0.39, 0.29) is 35.7 Å². The van der Waals surface area contributed by atoms with Crippen LogP contribution in [0.5, 0.6) is 5.75 Å². The fraction of sp³-hybridized carbons (Fsp3) is 0.182. The molecule has 4 aromatic heterocycles. The molecule has 3 N–H and O–H groups in total. The molecule has 0 saturated carbocycles. The summed E-state index contributed by atoms with van der Waals surface area (Å²) in [5.74, 6) is 5.93. The van der Waals surface area contributed by atoms with Crippen LogP contribution in [-0.4, -0.2) is 49.8 Å². The number of rotatable bonds is 8. The lowest BCUT2D eigenvalue weighted by atomic mass is 9.97. The first-order valence-corrected chi connectivity index (χ1v) is 16.5. The number of amides is 1. The largest absolute Gasteiger partial charge is 0.488 e. The third kappa shape index (κ3) is 5.42. The first-order chi connectivity index (χ1) is 23.1. The minimum Gasteiger partial charge on any atom is -0.488 e. The molecular weight excluding hydrogens is 634 g/mol. The molecule has 5 heterocycles. The average molecular weight is 664 g/mol. The first-order valence-electron chi connectivity index (χ1n) is 15.0. The molecule has 7 rings (SSSR count). The predicted octanol–water partition coefficient (Wildman–Crippen LogP) is 2.82. The van der Waals surface area contributed by atoms with Crippen molar-refractivity contribution in [2.75, 3.05) is 11.3 Å². The number of ether oxygens (including phenoxy) is 1. The van der Waals surface area contributed by atoms with Crippen LogP contribution in [0.25, 0.3) is 22.1 Å². The summed E-state index contributed by atoms with van der Waals surface area (Å²) in [5.41, 5.74) is 2.74. The van der Waals surface area contributed by atoms with Gasteiger partial charge in [0.1, 0.15) is 17.9 Å². The Morgan fingerprint density at radius 2 is 1.92 bits per heavy atom. The number of nitrogens with one attached hydrogen (secondary N) is 3. The van der Waals surface area contributed by atoms with Gasteiger partial charge < -0.3 is 10.1 Å². The summed E-state index contributed by atoms with van der Waals surface area (Å²) in [6.07, 6.45) is 6.47. The number of anilines is 1. The van der Waals surface area contributed by atoms with Gasteiger partial charge in [0.25, 0.3) is 21.7 Å². The molecule has 0 unspecified atom stereocenters. The van der Waals surface area contributed by atoms with E-state index in [1.54, 1.807) is 79.1 Å². The molecular formula is C33H29N9O5S. The molecule has 0 aliphatic carbocycles. The third-order valence-electron chi connectivity index (χ3n) is 7.81. The van der Waals surface area contributed by atoms with Gasteiger partial charge in [-0.1, -0.05) is 37.0 Å². The van der Waals surface area contributed by atoms with Crippen molar-refractivity contribution >= 4 is 38.4 Å². The number of fused-ring (bicyclic) bond motifs is 1. The second kappa shape index (κ2) is 12.0. The lowest BCUT2D eigenvalue weighted by molar-refractivity contribution is 0.0940. The number of aromatic nitrogens is 6. The van der Waals surface area contributed by atoms with E-state index in [2.05, 4.69) is 41.8 Å². The molecule has 0 radical (unpaired) electrons.